The first-order valence-corrected chi connectivity index (χ1v) is 10.3. The zero-order valence-electron chi connectivity index (χ0n) is 15.5. The number of benzene rings is 2. The van der Waals surface area contributed by atoms with Crippen LogP contribution < -0.4 is 10.5 Å². The molecule has 4 aromatic rings. The van der Waals surface area contributed by atoms with E-state index in [0.29, 0.717) is 0 Å². The molecule has 0 bridgehead atoms. The van der Waals surface area contributed by atoms with Crippen LogP contribution in [-0.4, -0.2) is 11.5 Å². The van der Waals surface area contributed by atoms with Crippen LogP contribution in [0.15, 0.2) is 60.0 Å². The molecule has 0 aliphatic rings. The molecule has 27 heavy (non-hydrogen) atoms. The van der Waals surface area contributed by atoms with Gasteiger partial charge in [-0.2, -0.15) is 0 Å². The van der Waals surface area contributed by atoms with Crippen molar-refractivity contribution < 1.29 is 4.74 Å². The number of aryl methyl sites for hydroxylation is 2. The third-order valence-electron chi connectivity index (χ3n) is 4.83. The van der Waals surface area contributed by atoms with Gasteiger partial charge in [0.2, 0.25) is 0 Å². The highest BCUT2D eigenvalue weighted by Gasteiger charge is 2.16. The maximum absolute atomic E-state index is 6.06. The van der Waals surface area contributed by atoms with Gasteiger partial charge in [-0.15, -0.1) is 11.3 Å². The van der Waals surface area contributed by atoms with Gasteiger partial charge in [0.05, 0.1) is 10.6 Å². The first kappa shape index (κ1) is 17.8. The molecule has 3 N–H and O–H groups in total. The zero-order valence-corrected chi connectivity index (χ0v) is 16.3. The number of ether oxygens (including phenoxy) is 1. The number of thiophene rings is 1. The smallest absolute Gasteiger partial charge is 0.128 e. The van der Waals surface area contributed by atoms with Crippen LogP contribution in [0, 0.1) is 6.92 Å². The number of aromatic amines is 1. The first-order chi connectivity index (χ1) is 13.3. The lowest BCUT2D eigenvalue weighted by molar-refractivity contribution is 0.483. The Bertz CT molecular complexity index is 1030. The molecular formula is C23H24N2OS. The molecule has 0 radical (unpaired) electrons. The summed E-state index contributed by atoms with van der Waals surface area (Å²) in [5.41, 5.74) is 10.8. The van der Waals surface area contributed by atoms with E-state index in [1.807, 2.05) is 36.4 Å². The maximum Gasteiger partial charge on any atom is 0.128 e. The summed E-state index contributed by atoms with van der Waals surface area (Å²) in [7, 11) is 0. The van der Waals surface area contributed by atoms with Crippen LogP contribution >= 0.6 is 11.3 Å². The number of hydrogen-bond acceptors (Lipinski definition) is 3. The van der Waals surface area contributed by atoms with E-state index in [4.69, 9.17) is 10.5 Å². The van der Waals surface area contributed by atoms with E-state index in [1.165, 1.54) is 27.1 Å². The summed E-state index contributed by atoms with van der Waals surface area (Å²) in [4.78, 5) is 4.97. The Morgan fingerprint density at radius 1 is 1.00 bits per heavy atom. The van der Waals surface area contributed by atoms with Gasteiger partial charge >= 0.3 is 0 Å². The number of hydrogen-bond donors (Lipinski definition) is 2. The Labute approximate surface area is 163 Å². The van der Waals surface area contributed by atoms with Gasteiger partial charge in [0.15, 0.2) is 0 Å². The van der Waals surface area contributed by atoms with Crippen molar-refractivity contribution in [1.82, 2.24) is 4.98 Å². The van der Waals surface area contributed by atoms with Crippen LogP contribution in [0.25, 0.3) is 21.5 Å². The normalized spacial score (nSPS) is 11.2. The van der Waals surface area contributed by atoms with Crippen LogP contribution in [0.2, 0.25) is 0 Å². The van der Waals surface area contributed by atoms with Crippen LogP contribution in [0.5, 0.6) is 11.5 Å². The fourth-order valence-corrected chi connectivity index (χ4v) is 4.40. The number of fused-ring (bicyclic) bond motifs is 1. The molecular weight excluding hydrogens is 352 g/mol. The number of nitrogens with two attached hydrogens (primary N) is 1. The number of H-pyrrole nitrogens is 1. The lowest BCUT2D eigenvalue weighted by Gasteiger charge is -2.07. The Balaban J connectivity index is 1.76. The Morgan fingerprint density at radius 3 is 2.59 bits per heavy atom. The third kappa shape index (κ3) is 3.77. The van der Waals surface area contributed by atoms with Crippen LogP contribution in [-0.2, 0) is 6.42 Å². The van der Waals surface area contributed by atoms with Gasteiger partial charge in [0.25, 0.3) is 0 Å². The van der Waals surface area contributed by atoms with E-state index in [1.54, 1.807) is 11.3 Å². The summed E-state index contributed by atoms with van der Waals surface area (Å²) in [5, 5.41) is 3.40. The standard InChI is InChI=1S/C23H24N2OS/c1-16-12-14-27-23(16)22-19(9-5-6-13-24)20-15-18(10-11-21(20)25-22)26-17-7-3-2-4-8-17/h2-4,7-8,10-12,14-15,25H,5-6,9,13,24H2,1H3. The van der Waals surface area contributed by atoms with E-state index in [-0.39, 0.29) is 0 Å². The van der Waals surface area contributed by atoms with Gasteiger partial charge in [-0.3, -0.25) is 0 Å². The van der Waals surface area contributed by atoms with E-state index < -0.39 is 0 Å². The molecule has 0 saturated heterocycles. The molecule has 4 heteroatoms. The van der Waals surface area contributed by atoms with Crippen molar-refractivity contribution in [3.05, 3.63) is 71.1 Å². The molecule has 3 nitrogen and oxygen atoms in total. The number of nitrogens with one attached hydrogen (secondary N) is 1. The van der Waals surface area contributed by atoms with E-state index >= 15 is 0 Å². The molecule has 0 amide bonds. The lowest BCUT2D eigenvalue weighted by atomic mass is 10.0. The molecule has 0 fully saturated rings. The first-order valence-electron chi connectivity index (χ1n) is 9.38. The molecule has 2 aromatic carbocycles. The van der Waals surface area contributed by atoms with Crippen LogP contribution in [0.3, 0.4) is 0 Å². The van der Waals surface area contributed by atoms with Crippen molar-refractivity contribution in [3.8, 4) is 22.1 Å². The summed E-state index contributed by atoms with van der Waals surface area (Å²) < 4.78 is 6.06. The average molecular weight is 377 g/mol. The Kier molecular flexibility index (Phi) is 5.28. The number of aromatic nitrogens is 1. The van der Waals surface area contributed by atoms with Crippen molar-refractivity contribution in [1.29, 1.82) is 0 Å². The Hall–Kier alpha value is -2.56. The summed E-state index contributed by atoms with van der Waals surface area (Å²) >= 11 is 1.79. The molecule has 0 aliphatic carbocycles. The molecule has 0 aliphatic heterocycles. The SMILES string of the molecule is Cc1ccsc1-c1[nH]c2ccc(Oc3ccccc3)cc2c1CCCCN. The summed E-state index contributed by atoms with van der Waals surface area (Å²) in [6.07, 6.45) is 3.14. The van der Waals surface area contributed by atoms with Crippen molar-refractivity contribution in [2.75, 3.05) is 6.54 Å². The van der Waals surface area contributed by atoms with Crippen molar-refractivity contribution in [2.24, 2.45) is 5.73 Å². The predicted molar refractivity (Wildman–Crippen MR) is 115 cm³/mol. The molecule has 0 spiro atoms. The molecule has 0 atom stereocenters. The van der Waals surface area contributed by atoms with Crippen molar-refractivity contribution in [2.45, 2.75) is 26.2 Å². The third-order valence-corrected chi connectivity index (χ3v) is 5.86. The molecule has 2 aromatic heterocycles. The van der Waals surface area contributed by atoms with Crippen LogP contribution in [0.1, 0.15) is 24.0 Å². The second kappa shape index (κ2) is 7.99. The second-order valence-electron chi connectivity index (χ2n) is 6.78. The fraction of sp³-hybridized carbons (Fsp3) is 0.217. The summed E-state index contributed by atoms with van der Waals surface area (Å²) in [6, 6.07) is 18.4. The van der Waals surface area contributed by atoms with Gasteiger partial charge in [-0.05, 0) is 85.6 Å². The quantitative estimate of drug-likeness (QED) is 0.373. The van der Waals surface area contributed by atoms with Gasteiger partial charge in [0.1, 0.15) is 11.5 Å². The monoisotopic (exact) mass is 376 g/mol. The van der Waals surface area contributed by atoms with E-state index in [0.717, 1.165) is 42.8 Å². The van der Waals surface area contributed by atoms with E-state index in [2.05, 4.69) is 35.5 Å². The Morgan fingerprint density at radius 2 is 1.85 bits per heavy atom. The minimum atomic E-state index is 0.734. The van der Waals surface area contributed by atoms with Crippen LogP contribution in [0.4, 0.5) is 0 Å². The average Bonchev–Trinajstić information content (AvgIpc) is 3.26. The summed E-state index contributed by atoms with van der Waals surface area (Å²) in [5.74, 6) is 1.72. The van der Waals surface area contributed by atoms with Gasteiger partial charge < -0.3 is 15.5 Å². The topological polar surface area (TPSA) is 51.0 Å². The molecule has 0 saturated carbocycles. The molecule has 4 rings (SSSR count). The molecule has 0 unspecified atom stereocenters. The van der Waals surface area contributed by atoms with Crippen molar-refractivity contribution in [3.63, 3.8) is 0 Å². The minimum Gasteiger partial charge on any atom is -0.457 e. The molecule has 2 heterocycles. The van der Waals surface area contributed by atoms with Gasteiger partial charge in [-0.1, -0.05) is 18.2 Å². The zero-order chi connectivity index (χ0) is 18.6. The van der Waals surface area contributed by atoms with Crippen molar-refractivity contribution >= 4 is 22.2 Å². The fourth-order valence-electron chi connectivity index (χ4n) is 3.44. The predicted octanol–water partition coefficient (Wildman–Crippen LogP) is 6.28. The van der Waals surface area contributed by atoms with Gasteiger partial charge in [0, 0.05) is 10.9 Å². The van der Waals surface area contributed by atoms with E-state index in [9.17, 15) is 0 Å². The minimum absolute atomic E-state index is 0.734. The number of para-hydroxylation sites is 1. The number of rotatable bonds is 7. The largest absolute Gasteiger partial charge is 0.457 e. The highest BCUT2D eigenvalue weighted by molar-refractivity contribution is 7.13. The second-order valence-corrected chi connectivity index (χ2v) is 7.70. The van der Waals surface area contributed by atoms with Gasteiger partial charge in [-0.25, -0.2) is 0 Å². The summed E-state index contributed by atoms with van der Waals surface area (Å²) in [6.45, 7) is 2.91. The highest BCUT2D eigenvalue weighted by Crippen LogP contribution is 2.38. The highest BCUT2D eigenvalue weighted by atomic mass is 32.1. The lowest BCUT2D eigenvalue weighted by Crippen LogP contribution is -1.99. The molecule has 138 valence electrons. The number of unbranched alkanes of at least 4 members (excludes halogenated alkanes) is 1. The maximum atomic E-state index is 6.06.